The molecule has 1 aliphatic heterocycles. The summed E-state index contributed by atoms with van der Waals surface area (Å²) in [6, 6.07) is 0.408. The fraction of sp³-hybridized carbons (Fsp3) is 0.889. The number of amides is 1. The molecule has 13 heavy (non-hydrogen) atoms. The van der Waals surface area contributed by atoms with Gasteiger partial charge in [-0.15, -0.1) is 0 Å². The molecular weight excluding hydrogens is 168 g/mol. The van der Waals surface area contributed by atoms with Crippen LogP contribution in [0.1, 0.15) is 12.8 Å². The molecule has 0 spiro atoms. The van der Waals surface area contributed by atoms with Crippen molar-refractivity contribution in [3.8, 4) is 0 Å². The number of carbonyl (C=O) groups is 1. The zero-order valence-electron chi connectivity index (χ0n) is 8.38. The standard InChI is InChI=1S/C9H18N2O2/c1-10-9(12)6-11(2)8-4-3-5-13-7-8/h8H,3-7H2,1-2H3,(H,10,12). The van der Waals surface area contributed by atoms with Crippen molar-refractivity contribution in [3.05, 3.63) is 0 Å². The molecule has 1 saturated heterocycles. The van der Waals surface area contributed by atoms with Crippen molar-refractivity contribution in [1.29, 1.82) is 0 Å². The summed E-state index contributed by atoms with van der Waals surface area (Å²) in [5.74, 6) is 0.0630. The summed E-state index contributed by atoms with van der Waals surface area (Å²) < 4.78 is 5.35. The molecule has 1 heterocycles. The highest BCUT2D eigenvalue weighted by Crippen LogP contribution is 2.10. The van der Waals surface area contributed by atoms with Crippen molar-refractivity contribution >= 4 is 5.91 Å². The van der Waals surface area contributed by atoms with Gasteiger partial charge in [0.1, 0.15) is 0 Å². The molecule has 1 fully saturated rings. The lowest BCUT2D eigenvalue weighted by molar-refractivity contribution is -0.122. The van der Waals surface area contributed by atoms with Crippen molar-refractivity contribution in [3.63, 3.8) is 0 Å². The molecule has 1 rings (SSSR count). The monoisotopic (exact) mass is 186 g/mol. The van der Waals surface area contributed by atoms with Crippen molar-refractivity contribution in [1.82, 2.24) is 10.2 Å². The Hall–Kier alpha value is -0.610. The average molecular weight is 186 g/mol. The molecule has 1 atom stereocenters. The van der Waals surface area contributed by atoms with Gasteiger partial charge in [-0.2, -0.15) is 0 Å². The molecule has 1 unspecified atom stereocenters. The average Bonchev–Trinajstić information content (AvgIpc) is 2.19. The van der Waals surface area contributed by atoms with Crippen LogP contribution in [-0.4, -0.2) is 50.7 Å². The number of nitrogens with one attached hydrogen (secondary N) is 1. The number of rotatable bonds is 3. The third kappa shape index (κ3) is 3.32. The Morgan fingerprint density at radius 3 is 3.00 bits per heavy atom. The smallest absolute Gasteiger partial charge is 0.233 e. The van der Waals surface area contributed by atoms with Crippen molar-refractivity contribution < 1.29 is 9.53 Å². The van der Waals surface area contributed by atoms with Crippen LogP contribution in [0.15, 0.2) is 0 Å². The van der Waals surface area contributed by atoms with Gasteiger partial charge in [0.15, 0.2) is 0 Å². The van der Waals surface area contributed by atoms with E-state index in [0.29, 0.717) is 12.6 Å². The Labute approximate surface area is 79.2 Å². The lowest BCUT2D eigenvalue weighted by Gasteiger charge is -2.30. The van der Waals surface area contributed by atoms with Gasteiger partial charge in [0, 0.05) is 19.7 Å². The Kier molecular flexibility index (Phi) is 4.18. The van der Waals surface area contributed by atoms with E-state index in [1.807, 2.05) is 7.05 Å². The number of carbonyl (C=O) groups excluding carboxylic acids is 1. The number of hydrogen-bond donors (Lipinski definition) is 1. The maximum Gasteiger partial charge on any atom is 0.233 e. The molecule has 0 radical (unpaired) electrons. The van der Waals surface area contributed by atoms with Gasteiger partial charge in [0.05, 0.1) is 13.2 Å². The first-order valence-corrected chi connectivity index (χ1v) is 4.72. The fourth-order valence-corrected chi connectivity index (χ4v) is 1.51. The second kappa shape index (κ2) is 5.19. The molecule has 0 aromatic rings. The van der Waals surface area contributed by atoms with Crippen LogP contribution in [0.3, 0.4) is 0 Å². The summed E-state index contributed by atoms with van der Waals surface area (Å²) in [6.45, 7) is 2.09. The third-order valence-corrected chi connectivity index (χ3v) is 2.43. The van der Waals surface area contributed by atoms with Crippen molar-refractivity contribution in [2.45, 2.75) is 18.9 Å². The topological polar surface area (TPSA) is 41.6 Å². The van der Waals surface area contributed by atoms with Crippen LogP contribution in [0.25, 0.3) is 0 Å². The first kappa shape index (κ1) is 10.5. The number of nitrogens with zero attached hydrogens (tertiary/aromatic N) is 1. The molecule has 0 aromatic heterocycles. The summed E-state index contributed by atoms with van der Waals surface area (Å²) in [5, 5.41) is 2.61. The van der Waals surface area contributed by atoms with Crippen molar-refractivity contribution in [2.24, 2.45) is 0 Å². The van der Waals surface area contributed by atoms with Crippen LogP contribution in [0.4, 0.5) is 0 Å². The van der Waals surface area contributed by atoms with Crippen LogP contribution in [0.2, 0.25) is 0 Å². The number of hydrogen-bond acceptors (Lipinski definition) is 3. The lowest BCUT2D eigenvalue weighted by Crippen LogP contribution is -2.43. The summed E-state index contributed by atoms with van der Waals surface area (Å²) in [5.41, 5.74) is 0. The predicted molar refractivity (Wildman–Crippen MR) is 50.5 cm³/mol. The molecule has 1 amide bonds. The molecular formula is C9H18N2O2. The summed E-state index contributed by atoms with van der Waals surface area (Å²) >= 11 is 0. The highest BCUT2D eigenvalue weighted by atomic mass is 16.5. The minimum absolute atomic E-state index is 0.0630. The van der Waals surface area contributed by atoms with Gasteiger partial charge in [0.25, 0.3) is 0 Å². The zero-order chi connectivity index (χ0) is 9.68. The highest BCUT2D eigenvalue weighted by Gasteiger charge is 2.19. The third-order valence-electron chi connectivity index (χ3n) is 2.43. The van der Waals surface area contributed by atoms with Crippen molar-refractivity contribution in [2.75, 3.05) is 33.9 Å². The molecule has 4 nitrogen and oxygen atoms in total. The molecule has 0 aliphatic carbocycles. The zero-order valence-corrected chi connectivity index (χ0v) is 8.38. The number of ether oxygens (including phenoxy) is 1. The quantitative estimate of drug-likeness (QED) is 0.666. The van der Waals surface area contributed by atoms with Crippen LogP contribution >= 0.6 is 0 Å². The minimum atomic E-state index is 0.0630. The van der Waals surface area contributed by atoms with Gasteiger partial charge in [-0.3, -0.25) is 9.69 Å². The Bertz CT molecular complexity index is 167. The SMILES string of the molecule is CNC(=O)CN(C)C1CCCOC1. The van der Waals surface area contributed by atoms with Gasteiger partial charge in [-0.05, 0) is 19.9 Å². The first-order chi connectivity index (χ1) is 6.24. The second-order valence-electron chi connectivity index (χ2n) is 3.46. The molecule has 0 aromatic carbocycles. The Morgan fingerprint density at radius 1 is 1.69 bits per heavy atom. The molecule has 0 saturated carbocycles. The minimum Gasteiger partial charge on any atom is -0.380 e. The molecule has 0 bridgehead atoms. The molecule has 1 aliphatic rings. The lowest BCUT2D eigenvalue weighted by atomic mass is 10.1. The second-order valence-corrected chi connectivity index (χ2v) is 3.46. The Morgan fingerprint density at radius 2 is 2.46 bits per heavy atom. The van der Waals surface area contributed by atoms with Crippen LogP contribution in [0.5, 0.6) is 0 Å². The van der Waals surface area contributed by atoms with E-state index in [1.165, 1.54) is 0 Å². The van der Waals surface area contributed by atoms with E-state index in [-0.39, 0.29) is 5.91 Å². The van der Waals surface area contributed by atoms with Gasteiger partial charge in [0.2, 0.25) is 5.91 Å². The summed E-state index contributed by atoms with van der Waals surface area (Å²) in [7, 11) is 3.63. The number of likely N-dealkylation sites (N-methyl/N-ethyl adjacent to an activating group) is 2. The first-order valence-electron chi connectivity index (χ1n) is 4.72. The summed E-state index contributed by atoms with van der Waals surface area (Å²) in [4.78, 5) is 13.1. The van der Waals surface area contributed by atoms with Crippen LogP contribution in [0, 0.1) is 0 Å². The van der Waals surface area contributed by atoms with E-state index in [2.05, 4.69) is 10.2 Å². The van der Waals surface area contributed by atoms with Crippen LogP contribution in [-0.2, 0) is 9.53 Å². The van der Waals surface area contributed by atoms with Gasteiger partial charge in [-0.1, -0.05) is 0 Å². The normalized spacial score (nSPS) is 23.2. The highest BCUT2D eigenvalue weighted by molar-refractivity contribution is 5.77. The summed E-state index contributed by atoms with van der Waals surface area (Å²) in [6.07, 6.45) is 2.23. The molecule has 1 N–H and O–H groups in total. The Balaban J connectivity index is 2.28. The molecule has 4 heteroatoms. The molecule has 76 valence electrons. The maximum absolute atomic E-state index is 11.1. The van der Waals surface area contributed by atoms with E-state index in [1.54, 1.807) is 7.05 Å². The van der Waals surface area contributed by atoms with Gasteiger partial charge >= 0.3 is 0 Å². The van der Waals surface area contributed by atoms with Crippen LogP contribution < -0.4 is 5.32 Å². The van der Waals surface area contributed by atoms with Gasteiger partial charge in [-0.25, -0.2) is 0 Å². The van der Waals surface area contributed by atoms with E-state index in [9.17, 15) is 4.79 Å². The largest absolute Gasteiger partial charge is 0.380 e. The van der Waals surface area contributed by atoms with E-state index < -0.39 is 0 Å². The van der Waals surface area contributed by atoms with E-state index in [0.717, 1.165) is 26.1 Å². The van der Waals surface area contributed by atoms with Gasteiger partial charge < -0.3 is 10.1 Å². The fourth-order valence-electron chi connectivity index (χ4n) is 1.51. The van der Waals surface area contributed by atoms with E-state index in [4.69, 9.17) is 4.74 Å². The maximum atomic E-state index is 11.1. The van der Waals surface area contributed by atoms with E-state index >= 15 is 0 Å². The predicted octanol–water partition coefficient (Wildman–Crippen LogP) is -0.157.